The Morgan fingerprint density at radius 2 is 0.833 bits per heavy atom. The van der Waals surface area contributed by atoms with Gasteiger partial charge in [0.1, 0.15) is 13.2 Å². The van der Waals surface area contributed by atoms with Gasteiger partial charge in [-0.15, -0.1) is 11.6 Å². The van der Waals surface area contributed by atoms with E-state index in [9.17, 15) is 9.59 Å². The zero-order chi connectivity index (χ0) is 26.4. The first kappa shape index (κ1) is 34.9. The van der Waals surface area contributed by atoms with Gasteiger partial charge in [-0.25, -0.2) is 4.79 Å². The number of carbonyl (C=O) groups is 2. The van der Waals surface area contributed by atoms with Gasteiger partial charge in [-0.3, -0.25) is 4.79 Å². The van der Waals surface area contributed by atoms with Crippen LogP contribution in [0.5, 0.6) is 0 Å². The van der Waals surface area contributed by atoms with Crippen LogP contribution >= 0.6 is 11.6 Å². The van der Waals surface area contributed by atoms with Gasteiger partial charge in [-0.1, -0.05) is 0 Å². The van der Waals surface area contributed by atoms with Crippen molar-refractivity contribution in [1.82, 2.24) is 5.32 Å². The van der Waals surface area contributed by atoms with E-state index in [0.29, 0.717) is 118 Å². The molecule has 0 fully saturated rings. The molecule has 14 heteroatoms. The quantitative estimate of drug-likeness (QED) is 0.0887. The highest BCUT2D eigenvalue weighted by molar-refractivity contribution is 6.17. The number of hydrogen-bond donors (Lipinski definition) is 2. The van der Waals surface area contributed by atoms with Crippen LogP contribution in [-0.4, -0.2) is 148 Å². The van der Waals surface area contributed by atoms with Crippen LogP contribution in [-0.2, 0) is 52.2 Å². The van der Waals surface area contributed by atoms with Gasteiger partial charge in [0.2, 0.25) is 5.91 Å². The predicted octanol–water partition coefficient (Wildman–Crippen LogP) is -0.425. The Morgan fingerprint density at radius 3 is 1.17 bits per heavy atom. The lowest BCUT2D eigenvalue weighted by atomic mass is 10.6. The molecule has 0 aromatic rings. The molecule has 0 rings (SSSR count). The van der Waals surface area contributed by atoms with E-state index in [0.717, 1.165) is 0 Å². The molecule has 36 heavy (non-hydrogen) atoms. The van der Waals surface area contributed by atoms with Gasteiger partial charge in [0.05, 0.1) is 106 Å². The van der Waals surface area contributed by atoms with E-state index in [-0.39, 0.29) is 6.61 Å². The number of ether oxygens (including phenoxy) is 9. The van der Waals surface area contributed by atoms with Gasteiger partial charge in [0.15, 0.2) is 0 Å². The van der Waals surface area contributed by atoms with E-state index in [1.54, 1.807) is 0 Å². The maximum absolute atomic E-state index is 11.3. The second-order valence-corrected chi connectivity index (χ2v) is 7.20. The number of nitrogens with one attached hydrogen (secondary N) is 1. The van der Waals surface area contributed by atoms with Crippen molar-refractivity contribution in [2.75, 3.05) is 131 Å². The van der Waals surface area contributed by atoms with E-state index < -0.39 is 18.5 Å². The summed E-state index contributed by atoms with van der Waals surface area (Å²) in [5.74, 6) is -1.03. The number of rotatable bonds is 30. The largest absolute Gasteiger partial charge is 0.480 e. The highest BCUT2D eigenvalue weighted by Gasteiger charge is 2.03. The maximum Gasteiger partial charge on any atom is 0.329 e. The lowest BCUT2D eigenvalue weighted by Gasteiger charge is -2.09. The Bertz CT molecular complexity index is 490. The lowest BCUT2D eigenvalue weighted by molar-refractivity contribution is -0.143. The molecule has 0 spiro atoms. The Morgan fingerprint density at radius 1 is 0.500 bits per heavy atom. The number of hydrogen-bond acceptors (Lipinski definition) is 11. The smallest absolute Gasteiger partial charge is 0.329 e. The van der Waals surface area contributed by atoms with Crippen LogP contribution in [0.4, 0.5) is 0 Å². The number of amides is 1. The molecule has 0 saturated carbocycles. The van der Waals surface area contributed by atoms with E-state index in [2.05, 4.69) is 10.1 Å². The highest BCUT2D eigenvalue weighted by atomic mass is 35.5. The van der Waals surface area contributed by atoms with Crippen molar-refractivity contribution in [1.29, 1.82) is 0 Å². The van der Waals surface area contributed by atoms with Crippen LogP contribution < -0.4 is 5.32 Å². The number of alkyl halides is 1. The Balaban J connectivity index is 3.09. The molecular formula is C22H42ClNO12. The minimum absolute atomic E-state index is 0.297. The van der Waals surface area contributed by atoms with E-state index in [1.165, 1.54) is 0 Å². The third-order valence-corrected chi connectivity index (χ3v) is 4.01. The number of aliphatic carboxylic acids is 1. The summed E-state index contributed by atoms with van der Waals surface area (Å²) in [6, 6.07) is 0. The SMILES string of the molecule is O=C(O)COCC(=O)NCCOCCOCCOCCOCCOCCOCCOCCOCCCl. The van der Waals surface area contributed by atoms with Crippen LogP contribution in [0.15, 0.2) is 0 Å². The zero-order valence-electron chi connectivity index (χ0n) is 21.0. The maximum atomic E-state index is 11.3. The van der Waals surface area contributed by atoms with Gasteiger partial charge < -0.3 is 53.1 Å². The van der Waals surface area contributed by atoms with Crippen LogP contribution in [0.25, 0.3) is 0 Å². The Hall–Kier alpha value is -1.13. The summed E-state index contributed by atoms with van der Waals surface area (Å²) in [6.45, 7) is 7.06. The molecule has 0 aliphatic rings. The molecule has 2 N–H and O–H groups in total. The van der Waals surface area contributed by atoms with Crippen molar-refractivity contribution in [3.63, 3.8) is 0 Å². The Labute approximate surface area is 217 Å². The molecule has 0 aliphatic heterocycles. The molecule has 0 aromatic heterocycles. The molecule has 0 atom stereocenters. The third-order valence-electron chi connectivity index (χ3n) is 3.85. The van der Waals surface area contributed by atoms with Crippen molar-refractivity contribution in [3.05, 3.63) is 0 Å². The molecule has 0 radical (unpaired) electrons. The van der Waals surface area contributed by atoms with Crippen molar-refractivity contribution < 1.29 is 57.3 Å². The number of carboxylic acids is 1. The van der Waals surface area contributed by atoms with Gasteiger partial charge >= 0.3 is 5.97 Å². The summed E-state index contributed by atoms with van der Waals surface area (Å²) < 4.78 is 47.4. The molecular weight excluding hydrogens is 506 g/mol. The third kappa shape index (κ3) is 30.9. The molecule has 1 amide bonds. The highest BCUT2D eigenvalue weighted by Crippen LogP contribution is 1.86. The van der Waals surface area contributed by atoms with Crippen molar-refractivity contribution >= 4 is 23.5 Å². The van der Waals surface area contributed by atoms with Gasteiger partial charge in [0.25, 0.3) is 0 Å². The topological polar surface area (TPSA) is 149 Å². The second-order valence-electron chi connectivity index (χ2n) is 6.82. The molecule has 214 valence electrons. The lowest BCUT2D eigenvalue weighted by Crippen LogP contribution is -2.31. The molecule has 0 saturated heterocycles. The summed E-state index contributed by atoms with van der Waals surface area (Å²) in [4.78, 5) is 21.6. The van der Waals surface area contributed by atoms with Crippen molar-refractivity contribution in [2.45, 2.75) is 0 Å². The fourth-order valence-electron chi connectivity index (χ4n) is 2.24. The summed E-state index contributed by atoms with van der Waals surface area (Å²) in [6.07, 6.45) is 0. The van der Waals surface area contributed by atoms with Gasteiger partial charge in [-0.2, -0.15) is 0 Å². The fraction of sp³-hybridized carbons (Fsp3) is 0.909. The van der Waals surface area contributed by atoms with E-state index in [4.69, 9.17) is 54.6 Å². The monoisotopic (exact) mass is 547 g/mol. The fourth-order valence-corrected chi connectivity index (χ4v) is 2.35. The molecule has 13 nitrogen and oxygen atoms in total. The molecule has 0 aromatic carbocycles. The molecule has 0 bridgehead atoms. The van der Waals surface area contributed by atoms with Crippen LogP contribution in [0.1, 0.15) is 0 Å². The molecule has 0 unspecified atom stereocenters. The van der Waals surface area contributed by atoms with Gasteiger partial charge in [-0.05, 0) is 0 Å². The number of carbonyl (C=O) groups excluding carboxylic acids is 1. The number of halogens is 1. The summed E-state index contributed by atoms with van der Waals surface area (Å²) >= 11 is 5.49. The second kappa shape index (κ2) is 30.1. The first-order chi connectivity index (χ1) is 17.7. The molecule has 0 heterocycles. The average Bonchev–Trinajstić information content (AvgIpc) is 2.86. The summed E-state index contributed by atoms with van der Waals surface area (Å²) in [7, 11) is 0. The zero-order valence-corrected chi connectivity index (χ0v) is 21.7. The first-order valence-corrected chi connectivity index (χ1v) is 12.4. The minimum Gasteiger partial charge on any atom is -0.480 e. The summed E-state index contributed by atoms with van der Waals surface area (Å²) in [5.41, 5.74) is 0. The van der Waals surface area contributed by atoms with Crippen molar-refractivity contribution in [2.24, 2.45) is 0 Å². The standard InChI is InChI=1S/C22H42ClNO12/c23-1-3-28-5-7-30-9-11-32-13-15-34-17-18-35-16-14-33-12-10-31-8-6-29-4-2-24-21(25)19-36-20-22(26)27/h1-20H2,(H,24,25)(H,26,27). The predicted molar refractivity (Wildman–Crippen MR) is 129 cm³/mol. The molecule has 0 aliphatic carbocycles. The Kier molecular flexibility index (Phi) is 29.2. The van der Waals surface area contributed by atoms with Crippen LogP contribution in [0, 0.1) is 0 Å². The van der Waals surface area contributed by atoms with Gasteiger partial charge in [0, 0.05) is 12.4 Å². The summed E-state index contributed by atoms with van der Waals surface area (Å²) in [5, 5.41) is 10.9. The number of carboxylic acid groups (broad SMARTS) is 1. The average molecular weight is 548 g/mol. The first-order valence-electron chi connectivity index (χ1n) is 11.9. The van der Waals surface area contributed by atoms with Crippen LogP contribution in [0.2, 0.25) is 0 Å². The van der Waals surface area contributed by atoms with E-state index in [1.807, 2.05) is 0 Å². The normalized spacial score (nSPS) is 11.1. The van der Waals surface area contributed by atoms with Crippen molar-refractivity contribution in [3.8, 4) is 0 Å². The van der Waals surface area contributed by atoms with E-state index >= 15 is 0 Å². The minimum atomic E-state index is -1.12. The van der Waals surface area contributed by atoms with Crippen LogP contribution in [0.3, 0.4) is 0 Å².